The third kappa shape index (κ3) is 6.05. The Labute approximate surface area is 178 Å². The minimum absolute atomic E-state index is 0.158. The summed E-state index contributed by atoms with van der Waals surface area (Å²) in [6.45, 7) is 2.98. The molecule has 0 saturated carbocycles. The number of rotatable bonds is 5. The number of carboxylic acid groups (broad SMARTS) is 2. The number of nitrogens with one attached hydrogen (secondary N) is 1. The van der Waals surface area contributed by atoms with Crippen LogP contribution < -0.4 is 15.0 Å². The van der Waals surface area contributed by atoms with E-state index < -0.39 is 30.0 Å². The standard InChI is InChI=1S/C16H19FN2O2.C4H6O6/c1-3-11-6-14(17)16-15(7-11)19-5-4-18-9-12(19)8-13(21-16)10-20-2;5-1(3(7)8)2(6)4(9)10/h1,6-7,12-13,18H,4-5,8-10H2,2H3;1-2,5-6H,(H,7,8)(H,9,10)/t12-,13+;/m1./s1. The second-order valence-corrected chi connectivity index (χ2v) is 7.00. The maximum atomic E-state index is 14.4. The molecule has 0 radical (unpaired) electrons. The molecule has 3 rings (SSSR count). The van der Waals surface area contributed by atoms with E-state index in [4.69, 9.17) is 36.3 Å². The van der Waals surface area contributed by atoms with Crippen molar-refractivity contribution in [1.29, 1.82) is 0 Å². The predicted molar refractivity (Wildman–Crippen MR) is 107 cm³/mol. The number of fused-ring (bicyclic) bond motifs is 3. The van der Waals surface area contributed by atoms with E-state index in [1.165, 1.54) is 6.07 Å². The molecule has 1 fully saturated rings. The zero-order chi connectivity index (χ0) is 23.1. The van der Waals surface area contributed by atoms with Gasteiger partial charge in [-0.05, 0) is 12.1 Å². The number of hydrogen-bond acceptors (Lipinski definition) is 8. The summed E-state index contributed by atoms with van der Waals surface area (Å²) < 4.78 is 25.4. The van der Waals surface area contributed by atoms with Gasteiger partial charge >= 0.3 is 11.9 Å². The number of hydrogen-bond donors (Lipinski definition) is 5. The molecule has 2 heterocycles. The Morgan fingerprint density at radius 2 is 2.00 bits per heavy atom. The van der Waals surface area contributed by atoms with E-state index in [-0.39, 0.29) is 12.1 Å². The largest absolute Gasteiger partial charge is 0.483 e. The van der Waals surface area contributed by atoms with E-state index >= 15 is 0 Å². The number of methoxy groups -OCH3 is 1. The van der Waals surface area contributed by atoms with Gasteiger partial charge in [0.15, 0.2) is 23.8 Å². The van der Waals surface area contributed by atoms with Gasteiger partial charge in [-0.2, -0.15) is 0 Å². The lowest BCUT2D eigenvalue weighted by Crippen LogP contribution is -2.52. The molecule has 31 heavy (non-hydrogen) atoms. The monoisotopic (exact) mass is 440 g/mol. The maximum Gasteiger partial charge on any atom is 0.335 e. The van der Waals surface area contributed by atoms with E-state index in [0.717, 1.165) is 31.7 Å². The van der Waals surface area contributed by atoms with Gasteiger partial charge < -0.3 is 40.1 Å². The fraction of sp³-hybridized carbons (Fsp3) is 0.500. The first-order chi connectivity index (χ1) is 14.7. The Balaban J connectivity index is 0.000000291. The number of terminal acetylenes is 1. The number of halogens is 1. The lowest BCUT2D eigenvalue weighted by molar-refractivity contribution is -0.165. The van der Waals surface area contributed by atoms with Crippen LogP contribution in [0.4, 0.5) is 10.1 Å². The topological polar surface area (TPSA) is 149 Å². The van der Waals surface area contributed by atoms with Gasteiger partial charge in [0.1, 0.15) is 6.10 Å². The fourth-order valence-electron chi connectivity index (χ4n) is 3.36. The lowest BCUT2D eigenvalue weighted by Gasteiger charge is -2.37. The van der Waals surface area contributed by atoms with Gasteiger partial charge in [-0.3, -0.25) is 0 Å². The van der Waals surface area contributed by atoms with E-state index in [9.17, 15) is 14.0 Å². The van der Waals surface area contributed by atoms with Crippen molar-refractivity contribution in [1.82, 2.24) is 5.32 Å². The van der Waals surface area contributed by atoms with Crippen molar-refractivity contribution in [3.8, 4) is 18.1 Å². The molecule has 0 aliphatic carbocycles. The number of carbonyl (C=O) groups is 2. The van der Waals surface area contributed by atoms with Crippen LogP contribution in [0.2, 0.25) is 0 Å². The number of aliphatic carboxylic acids is 2. The number of benzene rings is 1. The highest BCUT2D eigenvalue weighted by Gasteiger charge is 2.34. The van der Waals surface area contributed by atoms with E-state index in [2.05, 4.69) is 16.1 Å². The Hall–Kier alpha value is -2.91. The molecular weight excluding hydrogens is 415 g/mol. The lowest BCUT2D eigenvalue weighted by atomic mass is 10.1. The highest BCUT2D eigenvalue weighted by Crippen LogP contribution is 2.38. The van der Waals surface area contributed by atoms with Gasteiger partial charge in [0.05, 0.1) is 12.3 Å². The number of anilines is 1. The molecule has 5 N–H and O–H groups in total. The molecule has 2 unspecified atom stereocenters. The smallest absolute Gasteiger partial charge is 0.335 e. The summed E-state index contributed by atoms with van der Waals surface area (Å²) in [7, 11) is 1.63. The Morgan fingerprint density at radius 3 is 2.55 bits per heavy atom. The molecule has 0 aromatic heterocycles. The van der Waals surface area contributed by atoms with Crippen LogP contribution in [0.3, 0.4) is 0 Å². The number of carboxylic acids is 2. The molecule has 0 amide bonds. The highest BCUT2D eigenvalue weighted by molar-refractivity contribution is 5.83. The van der Waals surface area contributed by atoms with Crippen LogP contribution in [0.25, 0.3) is 0 Å². The molecule has 10 nitrogen and oxygen atoms in total. The summed E-state index contributed by atoms with van der Waals surface area (Å²) in [6, 6.07) is 3.45. The molecule has 1 aromatic rings. The predicted octanol–water partition coefficient (Wildman–Crippen LogP) is -0.740. The quantitative estimate of drug-likeness (QED) is 0.371. The molecule has 11 heteroatoms. The van der Waals surface area contributed by atoms with Crippen LogP contribution in [0.5, 0.6) is 5.75 Å². The average molecular weight is 440 g/mol. The van der Waals surface area contributed by atoms with Crippen LogP contribution in [-0.2, 0) is 14.3 Å². The first-order valence-electron chi connectivity index (χ1n) is 9.44. The highest BCUT2D eigenvalue weighted by atomic mass is 19.1. The summed E-state index contributed by atoms with van der Waals surface area (Å²) in [4.78, 5) is 21.7. The van der Waals surface area contributed by atoms with Gasteiger partial charge in [-0.15, -0.1) is 6.42 Å². The number of aliphatic hydroxyl groups is 2. The Kier molecular flexibility index (Phi) is 8.58. The normalized spacial score (nSPS) is 21.6. The molecule has 4 atom stereocenters. The van der Waals surface area contributed by atoms with Crippen LogP contribution in [-0.4, -0.2) is 90.1 Å². The summed E-state index contributed by atoms with van der Waals surface area (Å²) >= 11 is 0. The van der Waals surface area contributed by atoms with Crippen LogP contribution in [0.15, 0.2) is 12.1 Å². The molecule has 0 bridgehead atoms. The van der Waals surface area contributed by atoms with Crippen molar-refractivity contribution in [3.63, 3.8) is 0 Å². The third-order valence-corrected chi connectivity index (χ3v) is 4.83. The minimum atomic E-state index is -2.27. The first kappa shape index (κ1) is 24.4. The fourth-order valence-corrected chi connectivity index (χ4v) is 3.36. The van der Waals surface area contributed by atoms with E-state index in [1.807, 2.05) is 6.07 Å². The summed E-state index contributed by atoms with van der Waals surface area (Å²) in [5.41, 5.74) is 1.30. The van der Waals surface area contributed by atoms with Crippen LogP contribution in [0.1, 0.15) is 12.0 Å². The second-order valence-electron chi connectivity index (χ2n) is 7.00. The van der Waals surface area contributed by atoms with Crippen LogP contribution >= 0.6 is 0 Å². The van der Waals surface area contributed by atoms with E-state index in [1.54, 1.807) is 7.11 Å². The number of ether oxygens (including phenoxy) is 2. The molecule has 170 valence electrons. The van der Waals surface area contributed by atoms with Crippen molar-refractivity contribution in [2.75, 3.05) is 38.3 Å². The molecule has 1 saturated heterocycles. The maximum absolute atomic E-state index is 14.4. The Bertz CT molecular complexity index is 825. The van der Waals surface area contributed by atoms with Gasteiger partial charge in [0, 0.05) is 44.8 Å². The number of nitrogens with zero attached hydrogens (tertiary/aromatic N) is 1. The van der Waals surface area contributed by atoms with Crippen molar-refractivity contribution < 1.29 is 43.9 Å². The van der Waals surface area contributed by atoms with Gasteiger partial charge in [-0.25, -0.2) is 14.0 Å². The van der Waals surface area contributed by atoms with E-state index in [0.29, 0.717) is 17.9 Å². The van der Waals surface area contributed by atoms with Crippen molar-refractivity contribution in [2.24, 2.45) is 0 Å². The summed E-state index contributed by atoms with van der Waals surface area (Å²) in [5, 5.41) is 35.9. The molecule has 2 aliphatic heterocycles. The number of aliphatic hydroxyl groups excluding tert-OH is 2. The third-order valence-electron chi connectivity index (χ3n) is 4.83. The average Bonchev–Trinajstić information content (AvgIpc) is 2.90. The first-order valence-corrected chi connectivity index (χ1v) is 9.44. The SMILES string of the molecule is C#Cc1cc(F)c2c(c1)N1CCNC[C@H]1C[C@@H](COC)O2.O=C(O)C(O)C(O)C(=O)O. The van der Waals surface area contributed by atoms with Gasteiger partial charge in [0.2, 0.25) is 0 Å². The Morgan fingerprint density at radius 1 is 1.35 bits per heavy atom. The van der Waals surface area contributed by atoms with Crippen molar-refractivity contribution in [3.05, 3.63) is 23.5 Å². The van der Waals surface area contributed by atoms with Crippen LogP contribution in [0, 0.1) is 18.2 Å². The zero-order valence-corrected chi connectivity index (χ0v) is 16.8. The minimum Gasteiger partial charge on any atom is -0.483 e. The van der Waals surface area contributed by atoms with Crippen molar-refractivity contribution >= 4 is 17.6 Å². The molecule has 0 spiro atoms. The van der Waals surface area contributed by atoms with Gasteiger partial charge in [-0.1, -0.05) is 5.92 Å². The summed E-state index contributed by atoms with van der Waals surface area (Å²) in [5.74, 6) is -1.14. The van der Waals surface area contributed by atoms with Crippen molar-refractivity contribution in [2.45, 2.75) is 30.8 Å². The molecule has 2 aliphatic rings. The second kappa shape index (κ2) is 10.9. The summed E-state index contributed by atoms with van der Waals surface area (Å²) in [6.07, 6.45) is 1.53. The van der Waals surface area contributed by atoms with Gasteiger partial charge in [0.25, 0.3) is 0 Å². The number of piperazine rings is 1. The molecular formula is C20H25FN2O8. The zero-order valence-electron chi connectivity index (χ0n) is 16.8. The molecule has 1 aromatic carbocycles.